The van der Waals surface area contributed by atoms with Crippen molar-refractivity contribution in [1.82, 2.24) is 4.98 Å². The molecule has 5 heteroatoms. The molecule has 0 spiro atoms. The summed E-state index contributed by atoms with van der Waals surface area (Å²) in [6.45, 7) is 0.118. The quantitative estimate of drug-likeness (QED) is 0.627. The first kappa shape index (κ1) is 13.0. The van der Waals surface area contributed by atoms with E-state index in [4.69, 9.17) is 9.47 Å². The molecule has 0 saturated carbocycles. The molecular weight excluding hydrogens is 249 g/mol. The molecule has 0 bridgehead atoms. The molecule has 0 fully saturated rings. The fourth-order valence-electron chi connectivity index (χ4n) is 1.49. The number of hydrogen-bond acceptors (Lipinski definition) is 4. The lowest BCUT2D eigenvalue weighted by atomic mass is 10.2. The number of aromatic nitrogens is 1. The van der Waals surface area contributed by atoms with Crippen LogP contribution in [0.5, 0.6) is 5.75 Å². The minimum absolute atomic E-state index is 0.118. The Morgan fingerprint density at radius 2 is 2.16 bits per heavy atom. The molecule has 0 saturated heterocycles. The average molecular weight is 261 g/mol. The molecule has 0 aliphatic heterocycles. The molecular formula is C14H12FNO3. The van der Waals surface area contributed by atoms with Gasteiger partial charge in [-0.15, -0.1) is 0 Å². The summed E-state index contributed by atoms with van der Waals surface area (Å²) in [4.78, 5) is 15.1. The molecule has 0 N–H and O–H groups in total. The molecule has 0 atom stereocenters. The molecule has 0 unspecified atom stereocenters. The standard InChI is InChI=1S/C14H12FNO3/c1-18-12-4-2-3-10(7-12)9-19-14(17)11-5-6-13(15)16-8-11/h2-8H,9H2,1H3. The second-order valence-corrected chi connectivity index (χ2v) is 3.80. The Bertz CT molecular complexity index is 569. The van der Waals surface area contributed by atoms with Gasteiger partial charge in [0.15, 0.2) is 0 Å². The number of hydrogen-bond donors (Lipinski definition) is 0. The third-order valence-electron chi connectivity index (χ3n) is 2.47. The van der Waals surface area contributed by atoms with Crippen LogP contribution in [0.1, 0.15) is 15.9 Å². The van der Waals surface area contributed by atoms with Crippen molar-refractivity contribution in [2.24, 2.45) is 0 Å². The van der Waals surface area contributed by atoms with E-state index >= 15 is 0 Å². The van der Waals surface area contributed by atoms with E-state index in [0.717, 1.165) is 17.8 Å². The van der Waals surface area contributed by atoms with Gasteiger partial charge in [0, 0.05) is 6.20 Å². The molecule has 98 valence electrons. The molecule has 19 heavy (non-hydrogen) atoms. The van der Waals surface area contributed by atoms with Crippen molar-refractivity contribution in [3.63, 3.8) is 0 Å². The lowest BCUT2D eigenvalue weighted by Gasteiger charge is -2.06. The van der Waals surface area contributed by atoms with Crippen molar-refractivity contribution < 1.29 is 18.7 Å². The number of rotatable bonds is 4. The van der Waals surface area contributed by atoms with Crippen molar-refractivity contribution in [3.05, 3.63) is 59.7 Å². The summed E-state index contributed by atoms with van der Waals surface area (Å²) in [5.41, 5.74) is 1.02. The Morgan fingerprint density at radius 1 is 1.32 bits per heavy atom. The van der Waals surface area contributed by atoms with Crippen molar-refractivity contribution in [2.45, 2.75) is 6.61 Å². The molecule has 2 aromatic rings. The van der Waals surface area contributed by atoms with Crippen molar-refractivity contribution in [2.75, 3.05) is 7.11 Å². The van der Waals surface area contributed by atoms with Gasteiger partial charge in [-0.25, -0.2) is 9.78 Å². The van der Waals surface area contributed by atoms with Crippen LogP contribution in [0.15, 0.2) is 42.6 Å². The van der Waals surface area contributed by atoms with Gasteiger partial charge in [-0.3, -0.25) is 0 Å². The maximum atomic E-state index is 12.6. The van der Waals surface area contributed by atoms with E-state index < -0.39 is 11.9 Å². The topological polar surface area (TPSA) is 48.4 Å². The smallest absolute Gasteiger partial charge is 0.340 e. The Morgan fingerprint density at radius 3 is 2.84 bits per heavy atom. The lowest BCUT2D eigenvalue weighted by molar-refractivity contribution is 0.0472. The van der Waals surface area contributed by atoms with Crippen LogP contribution >= 0.6 is 0 Å². The summed E-state index contributed by atoms with van der Waals surface area (Å²) < 4.78 is 22.8. The van der Waals surface area contributed by atoms with Gasteiger partial charge in [-0.1, -0.05) is 12.1 Å². The zero-order chi connectivity index (χ0) is 13.7. The Hall–Kier alpha value is -2.43. The van der Waals surface area contributed by atoms with E-state index in [2.05, 4.69) is 4.98 Å². The van der Waals surface area contributed by atoms with Gasteiger partial charge >= 0.3 is 5.97 Å². The number of benzene rings is 1. The van der Waals surface area contributed by atoms with Gasteiger partial charge in [-0.05, 0) is 29.8 Å². The van der Waals surface area contributed by atoms with E-state index in [0.29, 0.717) is 5.75 Å². The van der Waals surface area contributed by atoms with Gasteiger partial charge < -0.3 is 9.47 Å². The second-order valence-electron chi connectivity index (χ2n) is 3.80. The maximum absolute atomic E-state index is 12.6. The van der Waals surface area contributed by atoms with Gasteiger partial charge in [-0.2, -0.15) is 4.39 Å². The highest BCUT2D eigenvalue weighted by molar-refractivity contribution is 5.88. The highest BCUT2D eigenvalue weighted by atomic mass is 19.1. The summed E-state index contributed by atoms with van der Waals surface area (Å²) in [6, 6.07) is 9.64. The number of ether oxygens (including phenoxy) is 2. The van der Waals surface area contributed by atoms with Gasteiger partial charge in [0.05, 0.1) is 12.7 Å². The summed E-state index contributed by atoms with van der Waals surface area (Å²) >= 11 is 0. The van der Waals surface area contributed by atoms with E-state index in [1.807, 2.05) is 6.07 Å². The molecule has 1 aromatic heterocycles. The van der Waals surface area contributed by atoms with Crippen LogP contribution in [-0.2, 0) is 11.3 Å². The molecule has 0 aliphatic rings. The molecule has 2 rings (SSSR count). The Kier molecular flexibility index (Phi) is 4.07. The highest BCUT2D eigenvalue weighted by Crippen LogP contribution is 2.14. The predicted molar refractivity (Wildman–Crippen MR) is 66.3 cm³/mol. The fraction of sp³-hybridized carbons (Fsp3) is 0.143. The zero-order valence-corrected chi connectivity index (χ0v) is 10.3. The third kappa shape index (κ3) is 3.51. The van der Waals surface area contributed by atoms with Crippen LogP contribution in [0, 0.1) is 5.95 Å². The van der Waals surface area contributed by atoms with Crippen LogP contribution in [0.2, 0.25) is 0 Å². The highest BCUT2D eigenvalue weighted by Gasteiger charge is 2.08. The molecule has 0 radical (unpaired) electrons. The molecule has 4 nitrogen and oxygen atoms in total. The number of nitrogens with zero attached hydrogens (tertiary/aromatic N) is 1. The minimum atomic E-state index is -0.635. The van der Waals surface area contributed by atoms with Crippen molar-refractivity contribution in [1.29, 1.82) is 0 Å². The molecule has 1 heterocycles. The molecule has 1 aromatic carbocycles. The van der Waals surface area contributed by atoms with Crippen molar-refractivity contribution in [3.8, 4) is 5.75 Å². The first-order chi connectivity index (χ1) is 9.19. The average Bonchev–Trinajstić information content (AvgIpc) is 2.46. The number of pyridine rings is 1. The van der Waals surface area contributed by atoms with Crippen molar-refractivity contribution >= 4 is 5.97 Å². The summed E-state index contributed by atoms with van der Waals surface area (Å²) in [5, 5.41) is 0. The summed E-state index contributed by atoms with van der Waals surface area (Å²) in [6.07, 6.45) is 1.14. The normalized spacial score (nSPS) is 10.0. The monoisotopic (exact) mass is 261 g/mol. The predicted octanol–water partition coefficient (Wildman–Crippen LogP) is 2.59. The van der Waals surface area contributed by atoms with Gasteiger partial charge in [0.2, 0.25) is 5.95 Å². The van der Waals surface area contributed by atoms with Gasteiger partial charge in [0.25, 0.3) is 0 Å². The van der Waals surface area contributed by atoms with E-state index in [1.165, 1.54) is 6.07 Å². The van der Waals surface area contributed by atoms with Gasteiger partial charge in [0.1, 0.15) is 12.4 Å². The van der Waals surface area contributed by atoms with Crippen LogP contribution < -0.4 is 4.74 Å². The lowest BCUT2D eigenvalue weighted by Crippen LogP contribution is -2.06. The van der Waals surface area contributed by atoms with Crippen LogP contribution in [0.4, 0.5) is 4.39 Å². The number of methoxy groups -OCH3 is 1. The Balaban J connectivity index is 1.98. The summed E-state index contributed by atoms with van der Waals surface area (Å²) in [7, 11) is 1.56. The third-order valence-corrected chi connectivity index (χ3v) is 2.47. The minimum Gasteiger partial charge on any atom is -0.497 e. The maximum Gasteiger partial charge on any atom is 0.340 e. The SMILES string of the molecule is COc1cccc(COC(=O)c2ccc(F)nc2)c1. The first-order valence-corrected chi connectivity index (χ1v) is 5.60. The molecule has 0 amide bonds. The molecule has 0 aliphatic carbocycles. The summed E-state index contributed by atoms with van der Waals surface area (Å²) in [5.74, 6) is -0.489. The number of halogens is 1. The Labute approximate surface area is 109 Å². The van der Waals surface area contributed by atoms with E-state index in [9.17, 15) is 9.18 Å². The second kappa shape index (κ2) is 5.95. The number of carbonyl (C=O) groups excluding carboxylic acids is 1. The fourth-order valence-corrected chi connectivity index (χ4v) is 1.49. The van der Waals surface area contributed by atoms with E-state index in [-0.39, 0.29) is 12.2 Å². The first-order valence-electron chi connectivity index (χ1n) is 5.60. The zero-order valence-electron chi connectivity index (χ0n) is 10.3. The number of esters is 1. The largest absolute Gasteiger partial charge is 0.497 e. The van der Waals surface area contributed by atoms with Crippen LogP contribution in [0.3, 0.4) is 0 Å². The van der Waals surface area contributed by atoms with Crippen LogP contribution in [-0.4, -0.2) is 18.1 Å². The van der Waals surface area contributed by atoms with E-state index in [1.54, 1.807) is 25.3 Å². The number of carbonyl (C=O) groups is 1. The van der Waals surface area contributed by atoms with Crippen LogP contribution in [0.25, 0.3) is 0 Å².